The molecular formula is C12H17ClN2O2. The zero-order chi connectivity index (χ0) is 12.6. The third kappa shape index (κ3) is 2.63. The molecule has 2 atom stereocenters. The van der Waals surface area contributed by atoms with Crippen LogP contribution in [0.2, 0.25) is 5.15 Å². The highest BCUT2D eigenvalue weighted by molar-refractivity contribution is 6.29. The standard InChI is InChI=1S/C12H17ClN2O2/c1-7-3-8(2)5-9(4-7)15-11(16)6-10(13)14-12(15)17/h6-9H,3-5H2,1-2H3,(H,14,17). The fourth-order valence-corrected chi connectivity index (χ4v) is 3.11. The third-order valence-electron chi connectivity index (χ3n) is 3.45. The Morgan fingerprint density at radius 3 is 2.35 bits per heavy atom. The van der Waals surface area contributed by atoms with Crippen LogP contribution in [0.1, 0.15) is 39.2 Å². The van der Waals surface area contributed by atoms with Gasteiger partial charge in [0.15, 0.2) is 0 Å². The zero-order valence-electron chi connectivity index (χ0n) is 10.1. The Balaban J connectivity index is 2.40. The summed E-state index contributed by atoms with van der Waals surface area (Å²) in [5, 5.41) is 0.105. The summed E-state index contributed by atoms with van der Waals surface area (Å²) in [6.07, 6.45) is 2.93. The third-order valence-corrected chi connectivity index (χ3v) is 3.66. The molecule has 1 aromatic heterocycles. The molecule has 2 rings (SSSR count). The predicted octanol–water partition coefficient (Wildman–Crippen LogP) is 2.19. The minimum absolute atomic E-state index is 0.00210. The van der Waals surface area contributed by atoms with Crippen LogP contribution in [0.25, 0.3) is 0 Å². The minimum Gasteiger partial charge on any atom is -0.298 e. The SMILES string of the molecule is CC1CC(C)CC(n2c(=O)cc(Cl)[nH]c2=O)C1. The molecule has 1 N–H and O–H groups in total. The van der Waals surface area contributed by atoms with Gasteiger partial charge < -0.3 is 0 Å². The molecule has 5 heteroatoms. The van der Waals surface area contributed by atoms with E-state index in [9.17, 15) is 9.59 Å². The van der Waals surface area contributed by atoms with E-state index in [2.05, 4.69) is 18.8 Å². The van der Waals surface area contributed by atoms with E-state index < -0.39 is 5.69 Å². The van der Waals surface area contributed by atoms with Gasteiger partial charge in [-0.05, 0) is 31.1 Å². The van der Waals surface area contributed by atoms with E-state index in [1.54, 1.807) is 0 Å². The molecule has 2 unspecified atom stereocenters. The van der Waals surface area contributed by atoms with Crippen molar-refractivity contribution in [3.63, 3.8) is 0 Å². The van der Waals surface area contributed by atoms with E-state index >= 15 is 0 Å². The highest BCUT2D eigenvalue weighted by Crippen LogP contribution is 2.34. The number of nitrogens with one attached hydrogen (secondary N) is 1. The van der Waals surface area contributed by atoms with E-state index in [1.807, 2.05) is 0 Å². The quantitative estimate of drug-likeness (QED) is 0.783. The average molecular weight is 257 g/mol. The number of aromatic amines is 1. The van der Waals surface area contributed by atoms with Gasteiger partial charge in [-0.1, -0.05) is 25.4 Å². The molecule has 1 aliphatic rings. The molecule has 94 valence electrons. The van der Waals surface area contributed by atoms with Crippen LogP contribution in [0.5, 0.6) is 0 Å². The Labute approximate surface area is 105 Å². The van der Waals surface area contributed by atoms with Gasteiger partial charge in [-0.3, -0.25) is 14.3 Å². The Hall–Kier alpha value is -1.03. The number of nitrogens with zero attached hydrogens (tertiary/aromatic N) is 1. The molecule has 1 aliphatic carbocycles. The maximum atomic E-state index is 11.8. The van der Waals surface area contributed by atoms with Crippen molar-refractivity contribution in [1.29, 1.82) is 0 Å². The first-order valence-electron chi connectivity index (χ1n) is 5.98. The summed E-state index contributed by atoms with van der Waals surface area (Å²) in [7, 11) is 0. The van der Waals surface area contributed by atoms with Gasteiger partial charge in [-0.25, -0.2) is 4.79 Å². The zero-order valence-corrected chi connectivity index (χ0v) is 10.8. The average Bonchev–Trinajstić information content (AvgIpc) is 2.13. The van der Waals surface area contributed by atoms with Crippen molar-refractivity contribution < 1.29 is 0 Å². The first kappa shape index (κ1) is 12.4. The summed E-state index contributed by atoms with van der Waals surface area (Å²) >= 11 is 5.65. The van der Waals surface area contributed by atoms with Gasteiger partial charge >= 0.3 is 5.69 Å². The molecule has 1 saturated carbocycles. The lowest BCUT2D eigenvalue weighted by Gasteiger charge is -2.31. The van der Waals surface area contributed by atoms with Gasteiger partial charge in [0.2, 0.25) is 0 Å². The first-order chi connectivity index (χ1) is 7.97. The summed E-state index contributed by atoms with van der Waals surface area (Å²) < 4.78 is 1.32. The van der Waals surface area contributed by atoms with Crippen LogP contribution >= 0.6 is 11.6 Å². The summed E-state index contributed by atoms with van der Waals surface area (Å²) in [6.45, 7) is 4.33. The molecule has 0 bridgehead atoms. The largest absolute Gasteiger partial charge is 0.329 e. The summed E-state index contributed by atoms with van der Waals surface area (Å²) in [5.41, 5.74) is -0.696. The molecule has 0 radical (unpaired) electrons. The van der Waals surface area contributed by atoms with Crippen LogP contribution in [0.3, 0.4) is 0 Å². The van der Waals surface area contributed by atoms with Gasteiger partial charge in [0.25, 0.3) is 5.56 Å². The molecule has 1 fully saturated rings. The van der Waals surface area contributed by atoms with Crippen molar-refractivity contribution in [3.05, 3.63) is 32.1 Å². The highest BCUT2D eigenvalue weighted by Gasteiger charge is 2.27. The number of hydrogen-bond donors (Lipinski definition) is 1. The van der Waals surface area contributed by atoms with Crippen molar-refractivity contribution in [2.75, 3.05) is 0 Å². The fourth-order valence-electron chi connectivity index (χ4n) is 2.94. The lowest BCUT2D eigenvalue weighted by atomic mass is 9.80. The summed E-state index contributed by atoms with van der Waals surface area (Å²) in [6, 6.07) is 1.27. The van der Waals surface area contributed by atoms with Gasteiger partial charge in [0, 0.05) is 12.1 Å². The molecule has 17 heavy (non-hydrogen) atoms. The van der Waals surface area contributed by atoms with Crippen molar-refractivity contribution in [2.45, 2.75) is 39.2 Å². The molecule has 1 heterocycles. The Kier molecular flexibility index (Phi) is 3.43. The summed E-state index contributed by atoms with van der Waals surface area (Å²) in [4.78, 5) is 26.1. The second-order valence-corrected chi connectivity index (χ2v) is 5.61. The second-order valence-electron chi connectivity index (χ2n) is 5.20. The Bertz CT molecular complexity index is 479. The predicted molar refractivity (Wildman–Crippen MR) is 67.5 cm³/mol. The maximum Gasteiger partial charge on any atom is 0.329 e. The van der Waals surface area contributed by atoms with E-state index in [0.29, 0.717) is 11.8 Å². The monoisotopic (exact) mass is 256 g/mol. The Morgan fingerprint density at radius 2 is 1.82 bits per heavy atom. The molecular weight excluding hydrogens is 240 g/mol. The molecule has 0 spiro atoms. The number of H-pyrrole nitrogens is 1. The van der Waals surface area contributed by atoms with E-state index in [1.165, 1.54) is 10.6 Å². The van der Waals surface area contributed by atoms with Crippen LogP contribution in [0, 0.1) is 11.8 Å². The van der Waals surface area contributed by atoms with Crippen LogP contribution in [0.4, 0.5) is 0 Å². The minimum atomic E-state index is -0.395. The lowest BCUT2D eigenvalue weighted by Crippen LogP contribution is -2.40. The number of rotatable bonds is 1. The van der Waals surface area contributed by atoms with Crippen molar-refractivity contribution in [1.82, 2.24) is 9.55 Å². The smallest absolute Gasteiger partial charge is 0.298 e. The molecule has 0 amide bonds. The van der Waals surface area contributed by atoms with Crippen LogP contribution < -0.4 is 11.2 Å². The fraction of sp³-hybridized carbons (Fsp3) is 0.667. The van der Waals surface area contributed by atoms with Gasteiger partial charge in [-0.2, -0.15) is 0 Å². The number of hydrogen-bond acceptors (Lipinski definition) is 2. The van der Waals surface area contributed by atoms with Crippen LogP contribution in [-0.4, -0.2) is 9.55 Å². The van der Waals surface area contributed by atoms with Gasteiger partial charge in [-0.15, -0.1) is 0 Å². The van der Waals surface area contributed by atoms with E-state index in [-0.39, 0.29) is 16.8 Å². The van der Waals surface area contributed by atoms with E-state index in [4.69, 9.17) is 11.6 Å². The number of aromatic nitrogens is 2. The number of halogens is 1. The molecule has 1 aromatic rings. The van der Waals surface area contributed by atoms with Crippen LogP contribution in [-0.2, 0) is 0 Å². The molecule has 0 aromatic carbocycles. The van der Waals surface area contributed by atoms with Crippen molar-refractivity contribution in [3.8, 4) is 0 Å². The maximum absolute atomic E-state index is 11.8. The van der Waals surface area contributed by atoms with Crippen LogP contribution in [0.15, 0.2) is 15.7 Å². The molecule has 4 nitrogen and oxygen atoms in total. The highest BCUT2D eigenvalue weighted by atomic mass is 35.5. The topological polar surface area (TPSA) is 54.9 Å². The van der Waals surface area contributed by atoms with Gasteiger partial charge in [0.1, 0.15) is 5.15 Å². The van der Waals surface area contributed by atoms with E-state index in [0.717, 1.165) is 19.3 Å². The van der Waals surface area contributed by atoms with Crippen molar-refractivity contribution in [2.24, 2.45) is 11.8 Å². The second kappa shape index (κ2) is 4.69. The van der Waals surface area contributed by atoms with Gasteiger partial charge in [0.05, 0.1) is 0 Å². The van der Waals surface area contributed by atoms with Crippen molar-refractivity contribution >= 4 is 11.6 Å². The summed E-state index contributed by atoms with van der Waals surface area (Å²) in [5.74, 6) is 1.09. The molecule has 0 aliphatic heterocycles. The first-order valence-corrected chi connectivity index (χ1v) is 6.36. The molecule has 0 saturated heterocycles. The lowest BCUT2D eigenvalue weighted by molar-refractivity contribution is 0.213. The normalized spacial score (nSPS) is 29.2. The Morgan fingerprint density at radius 1 is 1.24 bits per heavy atom.